The van der Waals surface area contributed by atoms with Gasteiger partial charge < -0.3 is 9.72 Å². The number of pyridine rings is 3. The zero-order chi connectivity index (χ0) is 15.1. The van der Waals surface area contributed by atoms with Crippen LogP contribution < -0.4 is 10.4 Å². The van der Waals surface area contributed by atoms with Gasteiger partial charge in [0.25, 0.3) is 0 Å². The van der Waals surface area contributed by atoms with Gasteiger partial charge in [-0.1, -0.05) is 0 Å². The van der Waals surface area contributed by atoms with Gasteiger partial charge in [-0.05, 0) is 18.2 Å². The summed E-state index contributed by atoms with van der Waals surface area (Å²) in [5, 5.41) is 0. The molecule has 7 nitrogen and oxygen atoms in total. The lowest BCUT2D eigenvalue weighted by atomic mass is 10.3. The van der Waals surface area contributed by atoms with E-state index in [0.717, 1.165) is 5.52 Å². The van der Waals surface area contributed by atoms with Crippen molar-refractivity contribution >= 4 is 22.1 Å². The van der Waals surface area contributed by atoms with Crippen molar-refractivity contribution in [3.8, 4) is 11.6 Å². The molecule has 7 heteroatoms. The molecule has 0 aliphatic heterocycles. The largest absolute Gasteiger partial charge is 0.481 e. The molecule has 0 saturated carbocycles. The number of methoxy groups -OCH3 is 1. The van der Waals surface area contributed by atoms with Crippen LogP contribution in [0.15, 0.2) is 47.7 Å². The van der Waals surface area contributed by atoms with Crippen LogP contribution in [0.1, 0.15) is 0 Å². The molecule has 0 bridgehead atoms. The Balaban J connectivity index is 2.09. The molecular weight excluding hydrogens is 282 g/mol. The second-order valence-corrected chi connectivity index (χ2v) is 4.72. The molecule has 4 heterocycles. The number of ether oxygens (including phenoxy) is 1. The highest BCUT2D eigenvalue weighted by atomic mass is 16.5. The molecular formula is C15H11N5O2. The fraction of sp³-hybridized carbons (Fsp3) is 0.0667. The Kier molecular flexibility index (Phi) is 2.65. The minimum absolute atomic E-state index is 0.262. The van der Waals surface area contributed by atoms with E-state index in [1.54, 1.807) is 42.4 Å². The smallest absolute Gasteiger partial charge is 0.331 e. The van der Waals surface area contributed by atoms with Gasteiger partial charge in [-0.25, -0.2) is 9.78 Å². The van der Waals surface area contributed by atoms with Crippen LogP contribution in [0.4, 0.5) is 0 Å². The van der Waals surface area contributed by atoms with Gasteiger partial charge in [0, 0.05) is 12.3 Å². The van der Waals surface area contributed by atoms with Crippen molar-refractivity contribution < 1.29 is 4.74 Å². The predicted molar refractivity (Wildman–Crippen MR) is 81.3 cm³/mol. The first-order valence-electron chi connectivity index (χ1n) is 6.63. The summed E-state index contributed by atoms with van der Waals surface area (Å²) in [4.78, 5) is 27.9. The summed E-state index contributed by atoms with van der Waals surface area (Å²) in [7, 11) is 1.54. The van der Waals surface area contributed by atoms with Crippen LogP contribution in [-0.4, -0.2) is 31.6 Å². The lowest BCUT2D eigenvalue weighted by Crippen LogP contribution is -2.15. The van der Waals surface area contributed by atoms with E-state index in [0.29, 0.717) is 28.1 Å². The Hall–Kier alpha value is -3.22. The van der Waals surface area contributed by atoms with Gasteiger partial charge >= 0.3 is 5.69 Å². The van der Waals surface area contributed by atoms with Gasteiger partial charge in [0.1, 0.15) is 11.0 Å². The molecule has 0 aliphatic rings. The molecule has 0 fully saturated rings. The monoisotopic (exact) mass is 293 g/mol. The third kappa shape index (κ3) is 1.76. The average molecular weight is 293 g/mol. The number of nitrogens with zero attached hydrogens (tertiary/aromatic N) is 4. The molecule has 0 unspecified atom stereocenters. The van der Waals surface area contributed by atoms with Gasteiger partial charge in [0.05, 0.1) is 36.2 Å². The van der Waals surface area contributed by atoms with Gasteiger partial charge in [0.2, 0.25) is 5.88 Å². The molecule has 0 aromatic carbocycles. The average Bonchev–Trinajstić information content (AvgIpc) is 2.91. The van der Waals surface area contributed by atoms with E-state index in [2.05, 4.69) is 19.9 Å². The highest BCUT2D eigenvalue weighted by Gasteiger charge is 2.13. The van der Waals surface area contributed by atoms with Crippen molar-refractivity contribution in [1.29, 1.82) is 0 Å². The molecule has 4 aromatic heterocycles. The van der Waals surface area contributed by atoms with Gasteiger partial charge in [0.15, 0.2) is 0 Å². The van der Waals surface area contributed by atoms with Crippen LogP contribution in [-0.2, 0) is 0 Å². The molecule has 0 radical (unpaired) electrons. The van der Waals surface area contributed by atoms with E-state index in [4.69, 9.17) is 4.74 Å². The van der Waals surface area contributed by atoms with E-state index >= 15 is 0 Å². The van der Waals surface area contributed by atoms with Gasteiger partial charge in [-0.2, -0.15) is 0 Å². The Morgan fingerprint density at radius 2 is 2.05 bits per heavy atom. The Labute approximate surface area is 124 Å². The standard InChI is InChI=1S/C15H11N5O2/c1-22-12-5-4-9(7-18-12)20-14-11(19-15(20)21)8-17-10-3-2-6-16-13(10)14/h2-8H,1H3,(H,19,21). The normalized spacial score (nSPS) is 11.1. The Bertz CT molecular complexity index is 1030. The summed E-state index contributed by atoms with van der Waals surface area (Å²) < 4.78 is 6.59. The molecule has 0 aliphatic carbocycles. The van der Waals surface area contributed by atoms with Crippen molar-refractivity contribution in [3.63, 3.8) is 0 Å². The molecule has 22 heavy (non-hydrogen) atoms. The number of nitrogens with one attached hydrogen (secondary N) is 1. The summed E-state index contributed by atoms with van der Waals surface area (Å²) in [5.74, 6) is 0.487. The van der Waals surface area contributed by atoms with Crippen molar-refractivity contribution in [2.24, 2.45) is 0 Å². The van der Waals surface area contributed by atoms with Crippen LogP contribution in [0.25, 0.3) is 27.8 Å². The second-order valence-electron chi connectivity index (χ2n) is 4.72. The summed E-state index contributed by atoms with van der Waals surface area (Å²) in [6.45, 7) is 0. The highest BCUT2D eigenvalue weighted by molar-refractivity contribution is 5.99. The summed E-state index contributed by atoms with van der Waals surface area (Å²) in [6, 6.07) is 7.15. The summed E-state index contributed by atoms with van der Waals surface area (Å²) in [5.41, 5.74) is 3.07. The Morgan fingerprint density at radius 1 is 1.14 bits per heavy atom. The number of fused-ring (bicyclic) bond motifs is 3. The first-order chi connectivity index (χ1) is 10.8. The number of imidazole rings is 1. The van der Waals surface area contributed by atoms with E-state index in [1.807, 2.05) is 12.1 Å². The lowest BCUT2D eigenvalue weighted by molar-refractivity contribution is 0.398. The summed E-state index contributed by atoms with van der Waals surface area (Å²) in [6.07, 6.45) is 4.90. The molecule has 4 aromatic rings. The molecule has 108 valence electrons. The minimum atomic E-state index is -0.262. The van der Waals surface area contributed by atoms with Crippen LogP contribution in [0.2, 0.25) is 0 Å². The van der Waals surface area contributed by atoms with Gasteiger partial charge in [-0.15, -0.1) is 0 Å². The van der Waals surface area contributed by atoms with Crippen molar-refractivity contribution in [1.82, 2.24) is 24.5 Å². The second kappa shape index (κ2) is 4.66. The van der Waals surface area contributed by atoms with Crippen molar-refractivity contribution in [2.75, 3.05) is 7.11 Å². The number of hydrogen-bond donors (Lipinski definition) is 1. The van der Waals surface area contributed by atoms with Gasteiger partial charge in [-0.3, -0.25) is 14.5 Å². The fourth-order valence-electron chi connectivity index (χ4n) is 2.47. The zero-order valence-corrected chi connectivity index (χ0v) is 11.6. The SMILES string of the molecule is COc1ccc(-n2c(=O)[nH]c3cnc4cccnc4c32)cn1. The van der Waals surface area contributed by atoms with Crippen LogP contribution in [0.5, 0.6) is 5.88 Å². The number of rotatable bonds is 2. The van der Waals surface area contributed by atoms with Crippen LogP contribution in [0, 0.1) is 0 Å². The number of hydrogen-bond acceptors (Lipinski definition) is 5. The highest BCUT2D eigenvalue weighted by Crippen LogP contribution is 2.22. The number of aromatic nitrogens is 5. The van der Waals surface area contributed by atoms with E-state index in [1.165, 1.54) is 0 Å². The predicted octanol–water partition coefficient (Wildman–Crippen LogP) is 1.67. The first kappa shape index (κ1) is 12.5. The zero-order valence-electron chi connectivity index (χ0n) is 11.6. The quantitative estimate of drug-likeness (QED) is 0.607. The Morgan fingerprint density at radius 3 is 2.82 bits per heavy atom. The third-order valence-corrected chi connectivity index (χ3v) is 3.45. The minimum Gasteiger partial charge on any atom is -0.481 e. The van der Waals surface area contributed by atoms with E-state index in [9.17, 15) is 4.79 Å². The first-order valence-corrected chi connectivity index (χ1v) is 6.63. The molecule has 1 N–H and O–H groups in total. The molecule has 0 spiro atoms. The molecule has 0 amide bonds. The third-order valence-electron chi connectivity index (χ3n) is 3.45. The number of H-pyrrole nitrogens is 1. The van der Waals surface area contributed by atoms with Crippen molar-refractivity contribution in [3.05, 3.63) is 53.3 Å². The maximum absolute atomic E-state index is 12.3. The molecule has 0 atom stereocenters. The lowest BCUT2D eigenvalue weighted by Gasteiger charge is -2.05. The van der Waals surface area contributed by atoms with E-state index < -0.39 is 0 Å². The fourth-order valence-corrected chi connectivity index (χ4v) is 2.47. The molecule has 0 saturated heterocycles. The topological polar surface area (TPSA) is 85.7 Å². The van der Waals surface area contributed by atoms with E-state index in [-0.39, 0.29) is 5.69 Å². The van der Waals surface area contributed by atoms with Crippen molar-refractivity contribution in [2.45, 2.75) is 0 Å². The maximum Gasteiger partial charge on any atom is 0.331 e. The van der Waals surface area contributed by atoms with Crippen LogP contribution in [0.3, 0.4) is 0 Å². The maximum atomic E-state index is 12.3. The summed E-state index contributed by atoms with van der Waals surface area (Å²) >= 11 is 0. The van der Waals surface area contributed by atoms with Crippen LogP contribution >= 0.6 is 0 Å². The number of aromatic amines is 1. The molecule has 4 rings (SSSR count).